The molecule has 0 aliphatic carbocycles. The molecule has 2 aromatic rings. The Morgan fingerprint density at radius 2 is 2.29 bits per heavy atom. The lowest BCUT2D eigenvalue weighted by Crippen LogP contribution is -2.26. The zero-order valence-electron chi connectivity index (χ0n) is 9.60. The van der Waals surface area contributed by atoms with Crippen molar-refractivity contribution in [1.29, 1.82) is 0 Å². The first kappa shape index (κ1) is 11.3. The number of carbonyl (C=O) groups excluding carboxylic acids is 1. The fraction of sp³-hybridized carbons (Fsp3) is 0.250. The van der Waals surface area contributed by atoms with E-state index >= 15 is 0 Å². The molecule has 2 aromatic heterocycles. The number of rotatable bonds is 4. The van der Waals surface area contributed by atoms with Crippen LogP contribution in [0.4, 0.5) is 0 Å². The van der Waals surface area contributed by atoms with Crippen molar-refractivity contribution in [3.8, 4) is 0 Å². The molecule has 2 rings (SSSR count). The minimum absolute atomic E-state index is 0.0952. The Balaban J connectivity index is 1.88. The molecule has 0 fully saturated rings. The van der Waals surface area contributed by atoms with E-state index in [1.807, 2.05) is 6.92 Å². The number of aromatic nitrogens is 3. The second-order valence-corrected chi connectivity index (χ2v) is 3.68. The van der Waals surface area contributed by atoms with E-state index in [0.717, 1.165) is 11.5 Å². The Morgan fingerprint density at radius 1 is 1.41 bits per heavy atom. The predicted octanol–water partition coefficient (Wildman–Crippen LogP) is 1.09. The van der Waals surface area contributed by atoms with Gasteiger partial charge in [0.2, 0.25) is 0 Å². The van der Waals surface area contributed by atoms with E-state index in [-0.39, 0.29) is 5.91 Å². The molecule has 5 nitrogen and oxygen atoms in total. The van der Waals surface area contributed by atoms with Crippen LogP contribution >= 0.6 is 0 Å². The third kappa shape index (κ3) is 2.90. The molecule has 0 saturated carbocycles. The van der Waals surface area contributed by atoms with Crippen molar-refractivity contribution >= 4 is 5.91 Å². The summed E-state index contributed by atoms with van der Waals surface area (Å²) in [6.07, 6.45) is 5.83. The number of amides is 1. The van der Waals surface area contributed by atoms with Gasteiger partial charge in [-0.15, -0.1) is 0 Å². The third-order valence-corrected chi connectivity index (χ3v) is 2.45. The number of pyridine rings is 1. The number of carbonyl (C=O) groups is 1. The summed E-state index contributed by atoms with van der Waals surface area (Å²) in [5.74, 6) is 0.773. The molecule has 0 spiro atoms. The van der Waals surface area contributed by atoms with E-state index in [0.29, 0.717) is 18.5 Å². The van der Waals surface area contributed by atoms with Gasteiger partial charge in [-0.1, -0.05) is 0 Å². The minimum Gasteiger partial charge on any atom is -0.352 e. The fourth-order valence-electron chi connectivity index (χ4n) is 1.55. The summed E-state index contributed by atoms with van der Waals surface area (Å²) in [5, 5.41) is 2.84. The van der Waals surface area contributed by atoms with E-state index in [1.165, 1.54) is 0 Å². The summed E-state index contributed by atoms with van der Waals surface area (Å²) >= 11 is 0. The van der Waals surface area contributed by atoms with Crippen molar-refractivity contribution in [1.82, 2.24) is 20.3 Å². The van der Waals surface area contributed by atoms with Gasteiger partial charge in [0.25, 0.3) is 5.91 Å². The van der Waals surface area contributed by atoms with Gasteiger partial charge in [0.05, 0.1) is 5.56 Å². The maximum absolute atomic E-state index is 11.8. The van der Waals surface area contributed by atoms with Gasteiger partial charge < -0.3 is 10.3 Å². The molecule has 2 N–H and O–H groups in total. The molecule has 0 unspecified atom stereocenters. The average molecular weight is 230 g/mol. The summed E-state index contributed by atoms with van der Waals surface area (Å²) < 4.78 is 0. The normalized spacial score (nSPS) is 10.2. The molecule has 0 saturated heterocycles. The first-order valence-corrected chi connectivity index (χ1v) is 5.45. The van der Waals surface area contributed by atoms with Crippen LogP contribution in [0.1, 0.15) is 21.9 Å². The second-order valence-electron chi connectivity index (χ2n) is 3.68. The highest BCUT2D eigenvalue weighted by atomic mass is 16.1. The fourth-order valence-corrected chi connectivity index (χ4v) is 1.55. The number of aryl methyl sites for hydroxylation is 1. The molecular formula is C12H14N4O. The topological polar surface area (TPSA) is 70.7 Å². The van der Waals surface area contributed by atoms with E-state index in [4.69, 9.17) is 0 Å². The Bertz CT molecular complexity index is 493. The zero-order chi connectivity index (χ0) is 12.1. The van der Waals surface area contributed by atoms with Crippen LogP contribution < -0.4 is 5.32 Å². The van der Waals surface area contributed by atoms with Crippen molar-refractivity contribution < 1.29 is 4.79 Å². The quantitative estimate of drug-likeness (QED) is 0.825. The van der Waals surface area contributed by atoms with Crippen molar-refractivity contribution in [2.45, 2.75) is 13.3 Å². The van der Waals surface area contributed by atoms with Crippen LogP contribution in [0.3, 0.4) is 0 Å². The molecule has 0 bridgehead atoms. The molecule has 2 heterocycles. The molecule has 5 heteroatoms. The van der Waals surface area contributed by atoms with Crippen molar-refractivity contribution in [3.63, 3.8) is 0 Å². The van der Waals surface area contributed by atoms with Gasteiger partial charge in [-0.3, -0.25) is 9.78 Å². The van der Waals surface area contributed by atoms with E-state index in [9.17, 15) is 4.79 Å². The first-order valence-electron chi connectivity index (χ1n) is 5.45. The molecule has 0 aliphatic heterocycles. The van der Waals surface area contributed by atoms with Gasteiger partial charge in [0, 0.05) is 37.3 Å². The number of imidazole rings is 1. The monoisotopic (exact) mass is 230 g/mol. The Morgan fingerprint density at radius 3 is 3.00 bits per heavy atom. The summed E-state index contributed by atoms with van der Waals surface area (Å²) in [6.45, 7) is 2.38. The van der Waals surface area contributed by atoms with Crippen molar-refractivity contribution in [3.05, 3.63) is 47.8 Å². The molecule has 0 aromatic carbocycles. The van der Waals surface area contributed by atoms with Crippen LogP contribution in [0.2, 0.25) is 0 Å². The molecule has 0 radical (unpaired) electrons. The number of hydrogen-bond acceptors (Lipinski definition) is 3. The lowest BCUT2D eigenvalue weighted by Gasteiger charge is -2.05. The predicted molar refractivity (Wildman–Crippen MR) is 63.6 cm³/mol. The number of nitrogens with zero attached hydrogens (tertiary/aromatic N) is 2. The van der Waals surface area contributed by atoms with Crippen LogP contribution in [-0.2, 0) is 6.42 Å². The first-order chi connectivity index (χ1) is 8.27. The molecule has 88 valence electrons. The lowest BCUT2D eigenvalue weighted by molar-refractivity contribution is 0.0953. The number of hydrogen-bond donors (Lipinski definition) is 2. The Hall–Kier alpha value is -2.17. The minimum atomic E-state index is -0.0952. The zero-order valence-corrected chi connectivity index (χ0v) is 9.60. The molecule has 0 atom stereocenters. The van der Waals surface area contributed by atoms with Gasteiger partial charge in [-0.05, 0) is 19.1 Å². The summed E-state index contributed by atoms with van der Waals surface area (Å²) in [7, 11) is 0. The average Bonchev–Trinajstić information content (AvgIpc) is 2.82. The van der Waals surface area contributed by atoms with Crippen LogP contribution in [0.15, 0.2) is 30.7 Å². The highest BCUT2D eigenvalue weighted by Gasteiger charge is 2.08. The maximum Gasteiger partial charge on any atom is 0.253 e. The summed E-state index contributed by atoms with van der Waals surface area (Å²) in [6, 6.07) is 3.53. The van der Waals surface area contributed by atoms with Crippen LogP contribution in [-0.4, -0.2) is 27.4 Å². The Labute approximate surface area is 99.3 Å². The second kappa shape index (κ2) is 5.25. The Kier molecular flexibility index (Phi) is 3.49. The van der Waals surface area contributed by atoms with E-state index < -0.39 is 0 Å². The van der Waals surface area contributed by atoms with Gasteiger partial charge in [-0.2, -0.15) is 0 Å². The van der Waals surface area contributed by atoms with E-state index in [1.54, 1.807) is 30.7 Å². The third-order valence-electron chi connectivity index (χ3n) is 2.45. The summed E-state index contributed by atoms with van der Waals surface area (Å²) in [4.78, 5) is 23.0. The van der Waals surface area contributed by atoms with Crippen LogP contribution in [0.25, 0.3) is 0 Å². The highest BCUT2D eigenvalue weighted by molar-refractivity contribution is 5.95. The van der Waals surface area contributed by atoms with Gasteiger partial charge in [-0.25, -0.2) is 4.98 Å². The van der Waals surface area contributed by atoms with Crippen molar-refractivity contribution in [2.24, 2.45) is 0 Å². The molecule has 0 aliphatic rings. The standard InChI is InChI=1S/C12H14N4O/c1-9-10(3-2-5-13-9)12(17)16-6-4-11-14-7-8-15-11/h2-3,5,7-8H,4,6H2,1H3,(H,14,15)(H,16,17). The number of nitrogens with one attached hydrogen (secondary N) is 2. The van der Waals surface area contributed by atoms with Gasteiger partial charge in [0.15, 0.2) is 0 Å². The highest BCUT2D eigenvalue weighted by Crippen LogP contribution is 2.02. The van der Waals surface area contributed by atoms with Crippen LogP contribution in [0.5, 0.6) is 0 Å². The largest absolute Gasteiger partial charge is 0.352 e. The number of aromatic amines is 1. The van der Waals surface area contributed by atoms with Crippen LogP contribution in [0, 0.1) is 6.92 Å². The molecule has 1 amide bonds. The molecular weight excluding hydrogens is 216 g/mol. The lowest BCUT2D eigenvalue weighted by atomic mass is 10.2. The van der Waals surface area contributed by atoms with E-state index in [2.05, 4.69) is 20.3 Å². The molecule has 17 heavy (non-hydrogen) atoms. The number of H-pyrrole nitrogens is 1. The van der Waals surface area contributed by atoms with Gasteiger partial charge >= 0.3 is 0 Å². The van der Waals surface area contributed by atoms with Crippen molar-refractivity contribution in [2.75, 3.05) is 6.54 Å². The smallest absolute Gasteiger partial charge is 0.253 e. The maximum atomic E-state index is 11.8. The SMILES string of the molecule is Cc1ncccc1C(=O)NCCc1ncc[nH]1. The van der Waals surface area contributed by atoms with Gasteiger partial charge in [0.1, 0.15) is 5.82 Å². The summed E-state index contributed by atoms with van der Waals surface area (Å²) in [5.41, 5.74) is 1.36.